The van der Waals surface area contributed by atoms with Gasteiger partial charge in [0, 0.05) is 32.8 Å². The van der Waals surface area contributed by atoms with E-state index in [-0.39, 0.29) is 10.7 Å². The largest absolute Gasteiger partial charge is 0.323 e. The second-order valence-corrected chi connectivity index (χ2v) is 5.61. The van der Waals surface area contributed by atoms with Crippen molar-refractivity contribution in [3.8, 4) is 0 Å². The first-order valence-electron chi connectivity index (χ1n) is 6.79. The molecule has 0 unspecified atom stereocenters. The topological polar surface area (TPSA) is 70.0 Å². The van der Waals surface area contributed by atoms with Gasteiger partial charge in [-0.3, -0.25) is 14.8 Å². The molecule has 0 aromatic carbocycles. The number of aryl methyl sites for hydroxylation is 1. The molecule has 0 spiro atoms. The van der Waals surface area contributed by atoms with Gasteiger partial charge < -0.3 is 4.90 Å². The lowest BCUT2D eigenvalue weighted by atomic mass is 10.2. The first kappa shape index (κ1) is 14.1. The van der Waals surface area contributed by atoms with Crippen molar-refractivity contribution in [3.05, 3.63) is 33.3 Å². The van der Waals surface area contributed by atoms with Crippen LogP contribution in [0.5, 0.6) is 0 Å². The average Bonchev–Trinajstić information content (AvgIpc) is 2.86. The van der Waals surface area contributed by atoms with Crippen LogP contribution in [-0.4, -0.2) is 45.0 Å². The Morgan fingerprint density at radius 3 is 2.86 bits per heavy atom. The van der Waals surface area contributed by atoms with Gasteiger partial charge in [-0.05, 0) is 19.5 Å². The molecular formula is C13H17ClN6O. The molecule has 0 radical (unpaired) electrons. The third-order valence-electron chi connectivity index (χ3n) is 3.68. The van der Waals surface area contributed by atoms with E-state index in [0.717, 1.165) is 25.3 Å². The number of H-pyrrole nitrogens is 1. The second-order valence-electron chi connectivity index (χ2n) is 5.22. The molecule has 0 bridgehead atoms. The molecular weight excluding hydrogens is 292 g/mol. The molecule has 1 fully saturated rings. The van der Waals surface area contributed by atoms with E-state index in [4.69, 9.17) is 11.6 Å². The summed E-state index contributed by atoms with van der Waals surface area (Å²) in [5, 5.41) is 11.4. The van der Waals surface area contributed by atoms with E-state index in [1.54, 1.807) is 25.1 Å². The van der Waals surface area contributed by atoms with E-state index >= 15 is 0 Å². The van der Waals surface area contributed by atoms with Crippen LogP contribution in [0.25, 0.3) is 0 Å². The van der Waals surface area contributed by atoms with Gasteiger partial charge in [0.2, 0.25) is 0 Å². The molecule has 1 aliphatic rings. The minimum Gasteiger partial charge on any atom is -0.323 e. The summed E-state index contributed by atoms with van der Waals surface area (Å²) in [6, 6.07) is 3.50. The Balaban J connectivity index is 1.84. The molecule has 2 aromatic heterocycles. The second kappa shape index (κ2) is 5.50. The van der Waals surface area contributed by atoms with Gasteiger partial charge in [-0.25, -0.2) is 4.68 Å². The van der Waals surface area contributed by atoms with Crippen LogP contribution in [0.3, 0.4) is 0 Å². The summed E-state index contributed by atoms with van der Waals surface area (Å²) in [6.45, 7) is 3.12. The summed E-state index contributed by atoms with van der Waals surface area (Å²) in [4.78, 5) is 16.2. The number of halogens is 1. The van der Waals surface area contributed by atoms with E-state index in [0.29, 0.717) is 11.5 Å². The Bertz CT molecular complexity index is 705. The maximum absolute atomic E-state index is 12.1. The fourth-order valence-corrected chi connectivity index (χ4v) is 2.52. The molecule has 7 nitrogen and oxygen atoms in total. The zero-order chi connectivity index (χ0) is 15.0. The van der Waals surface area contributed by atoms with Crippen LogP contribution < -0.4 is 10.5 Å². The number of aromatic nitrogens is 4. The fourth-order valence-electron chi connectivity index (χ4n) is 2.30. The van der Waals surface area contributed by atoms with Crippen LogP contribution in [0, 0.1) is 0 Å². The lowest BCUT2D eigenvalue weighted by Gasteiger charge is -2.29. The lowest BCUT2D eigenvalue weighted by Crippen LogP contribution is -2.36. The number of rotatable bonds is 4. The Morgan fingerprint density at radius 2 is 2.19 bits per heavy atom. The third kappa shape index (κ3) is 2.79. The van der Waals surface area contributed by atoms with Crippen molar-refractivity contribution < 1.29 is 0 Å². The molecule has 3 rings (SSSR count). The van der Waals surface area contributed by atoms with E-state index in [1.165, 1.54) is 11.1 Å². The molecule has 3 heterocycles. The fraction of sp³-hybridized carbons (Fsp3) is 0.462. The predicted molar refractivity (Wildman–Crippen MR) is 81.0 cm³/mol. The van der Waals surface area contributed by atoms with Gasteiger partial charge in [-0.15, -0.1) is 0 Å². The Morgan fingerprint density at radius 1 is 1.43 bits per heavy atom. The van der Waals surface area contributed by atoms with Crippen molar-refractivity contribution in [2.24, 2.45) is 7.05 Å². The highest BCUT2D eigenvalue weighted by molar-refractivity contribution is 6.29. The first-order valence-corrected chi connectivity index (χ1v) is 7.16. The molecule has 2 aromatic rings. The molecule has 0 amide bonds. The highest BCUT2D eigenvalue weighted by Gasteiger charge is 2.17. The zero-order valence-corrected chi connectivity index (χ0v) is 12.8. The highest BCUT2D eigenvalue weighted by Crippen LogP contribution is 2.21. The van der Waals surface area contributed by atoms with Crippen LogP contribution in [0.1, 0.15) is 12.1 Å². The van der Waals surface area contributed by atoms with Gasteiger partial charge in [0.05, 0.1) is 5.69 Å². The third-order valence-corrected chi connectivity index (χ3v) is 3.86. The predicted octanol–water partition coefficient (Wildman–Crippen LogP) is 1.13. The van der Waals surface area contributed by atoms with Crippen molar-refractivity contribution in [1.82, 2.24) is 24.9 Å². The van der Waals surface area contributed by atoms with E-state index in [1.807, 2.05) is 6.07 Å². The summed E-state index contributed by atoms with van der Waals surface area (Å²) in [7, 11) is 3.36. The van der Waals surface area contributed by atoms with E-state index in [2.05, 4.69) is 20.2 Å². The number of anilines is 2. The molecule has 1 saturated heterocycles. The average molecular weight is 309 g/mol. The van der Waals surface area contributed by atoms with Crippen LogP contribution in [0.4, 0.5) is 11.5 Å². The van der Waals surface area contributed by atoms with Crippen molar-refractivity contribution >= 4 is 23.1 Å². The van der Waals surface area contributed by atoms with Crippen LogP contribution in [0.2, 0.25) is 5.15 Å². The van der Waals surface area contributed by atoms with Gasteiger partial charge in [0.15, 0.2) is 11.0 Å². The molecule has 1 N–H and O–H groups in total. The van der Waals surface area contributed by atoms with E-state index in [9.17, 15) is 4.79 Å². The van der Waals surface area contributed by atoms with Crippen molar-refractivity contribution in [2.45, 2.75) is 13.0 Å². The van der Waals surface area contributed by atoms with E-state index < -0.39 is 0 Å². The molecule has 0 atom stereocenters. The van der Waals surface area contributed by atoms with Gasteiger partial charge in [-0.1, -0.05) is 11.6 Å². The summed E-state index contributed by atoms with van der Waals surface area (Å²) >= 11 is 5.92. The van der Waals surface area contributed by atoms with Crippen LogP contribution in [0.15, 0.2) is 16.9 Å². The Labute approximate surface area is 127 Å². The van der Waals surface area contributed by atoms with Gasteiger partial charge in [0.1, 0.15) is 5.69 Å². The number of hydrogen-bond acceptors (Lipinski definition) is 5. The van der Waals surface area contributed by atoms with Gasteiger partial charge in [-0.2, -0.15) is 10.2 Å². The summed E-state index contributed by atoms with van der Waals surface area (Å²) in [5.74, 6) is 0.685. The zero-order valence-electron chi connectivity index (χ0n) is 12.0. The van der Waals surface area contributed by atoms with Crippen molar-refractivity contribution in [3.63, 3.8) is 0 Å². The molecule has 0 saturated carbocycles. The Kier molecular flexibility index (Phi) is 3.69. The number of nitrogens with zero attached hydrogens (tertiary/aromatic N) is 5. The molecule has 8 heteroatoms. The summed E-state index contributed by atoms with van der Waals surface area (Å²) in [5.41, 5.74) is 1.27. The minimum atomic E-state index is -0.214. The number of nitrogens with one attached hydrogen (secondary N) is 1. The SMILES string of the molecule is CN(c1cc(CN2CCC2)[nH]n1)c1cc(Cl)nn(C)c1=O. The molecule has 21 heavy (non-hydrogen) atoms. The lowest BCUT2D eigenvalue weighted by molar-refractivity contribution is 0.170. The monoisotopic (exact) mass is 308 g/mol. The normalized spacial score (nSPS) is 15.0. The quantitative estimate of drug-likeness (QED) is 0.917. The van der Waals surface area contributed by atoms with Crippen molar-refractivity contribution in [2.75, 3.05) is 25.0 Å². The number of aromatic amines is 1. The first-order chi connectivity index (χ1) is 10.0. The maximum atomic E-state index is 12.1. The standard InChI is InChI=1S/C13H17ClN6O/c1-18(10-7-11(14)17-19(2)13(10)21)12-6-9(15-16-12)8-20-4-3-5-20/h6-7H,3-5,8H2,1-2H3,(H,15,16). The highest BCUT2D eigenvalue weighted by atomic mass is 35.5. The summed E-state index contributed by atoms with van der Waals surface area (Å²) in [6.07, 6.45) is 1.26. The smallest absolute Gasteiger partial charge is 0.290 e. The van der Waals surface area contributed by atoms with Crippen LogP contribution >= 0.6 is 11.6 Å². The maximum Gasteiger partial charge on any atom is 0.290 e. The number of likely N-dealkylation sites (tertiary alicyclic amines) is 1. The van der Waals surface area contributed by atoms with Crippen LogP contribution in [-0.2, 0) is 13.6 Å². The number of hydrogen-bond donors (Lipinski definition) is 1. The van der Waals surface area contributed by atoms with Crippen molar-refractivity contribution in [1.29, 1.82) is 0 Å². The molecule has 112 valence electrons. The van der Waals surface area contributed by atoms with Gasteiger partial charge in [0.25, 0.3) is 5.56 Å². The Hall–Kier alpha value is -1.86. The minimum absolute atomic E-state index is 0.214. The molecule has 1 aliphatic heterocycles. The molecule has 0 aliphatic carbocycles. The van der Waals surface area contributed by atoms with Gasteiger partial charge >= 0.3 is 0 Å². The summed E-state index contributed by atoms with van der Waals surface area (Å²) < 4.78 is 1.22.